The van der Waals surface area contributed by atoms with Crippen molar-refractivity contribution in [3.63, 3.8) is 0 Å². The van der Waals surface area contributed by atoms with E-state index in [-0.39, 0.29) is 0 Å². The fraction of sp³-hybridized carbons (Fsp3) is 0. The number of hydrogen-bond acceptors (Lipinski definition) is 2. The molecule has 16 heavy (non-hydrogen) atoms. The van der Waals surface area contributed by atoms with Gasteiger partial charge in [-0.15, -0.1) is 0 Å². The Morgan fingerprint density at radius 2 is 1.06 bits per heavy atom. The summed E-state index contributed by atoms with van der Waals surface area (Å²) in [5.74, 6) is 0. The van der Waals surface area contributed by atoms with Crippen molar-refractivity contribution in [3.05, 3.63) is 48.9 Å². The number of benzene rings is 2. The van der Waals surface area contributed by atoms with Crippen LogP contribution in [0.15, 0.2) is 57.8 Å². The quantitative estimate of drug-likeness (QED) is 0.430. The standard InChI is InChI=1S/C14H8O2/c1-2-4-10-9(3-1)11-5-7-15-13(11)14-12(10)6-8-16-14/h1-8H. The third-order valence-corrected chi connectivity index (χ3v) is 3.04. The zero-order chi connectivity index (χ0) is 10.5. The van der Waals surface area contributed by atoms with E-state index in [2.05, 4.69) is 12.1 Å². The zero-order valence-electron chi connectivity index (χ0n) is 8.44. The Morgan fingerprint density at radius 3 is 1.56 bits per heavy atom. The minimum Gasteiger partial charge on any atom is -0.460 e. The Morgan fingerprint density at radius 1 is 0.562 bits per heavy atom. The van der Waals surface area contributed by atoms with E-state index in [9.17, 15) is 0 Å². The van der Waals surface area contributed by atoms with Crippen LogP contribution in [0.4, 0.5) is 0 Å². The van der Waals surface area contributed by atoms with Gasteiger partial charge in [0.05, 0.1) is 12.5 Å². The molecule has 0 fully saturated rings. The van der Waals surface area contributed by atoms with Gasteiger partial charge in [-0.2, -0.15) is 0 Å². The van der Waals surface area contributed by atoms with E-state index in [0.29, 0.717) is 0 Å². The van der Waals surface area contributed by atoms with Gasteiger partial charge in [0.15, 0.2) is 11.2 Å². The molecule has 0 atom stereocenters. The van der Waals surface area contributed by atoms with E-state index in [1.54, 1.807) is 12.5 Å². The SMILES string of the molecule is c1ccc2c(c1)c1ccoc1c1occc21. The molecule has 0 unspecified atom stereocenters. The maximum absolute atomic E-state index is 5.50. The highest BCUT2D eigenvalue weighted by atomic mass is 16.4. The highest BCUT2D eigenvalue weighted by Crippen LogP contribution is 2.35. The van der Waals surface area contributed by atoms with Crippen LogP contribution < -0.4 is 0 Å². The van der Waals surface area contributed by atoms with E-state index < -0.39 is 0 Å². The summed E-state index contributed by atoms with van der Waals surface area (Å²) >= 11 is 0. The van der Waals surface area contributed by atoms with Crippen molar-refractivity contribution in [3.8, 4) is 0 Å². The van der Waals surface area contributed by atoms with E-state index in [1.165, 1.54) is 10.8 Å². The highest BCUT2D eigenvalue weighted by Gasteiger charge is 2.12. The first kappa shape index (κ1) is 7.99. The summed E-state index contributed by atoms with van der Waals surface area (Å²) in [5, 5.41) is 4.64. The van der Waals surface area contributed by atoms with Crippen LogP contribution in [0.1, 0.15) is 0 Å². The lowest BCUT2D eigenvalue weighted by atomic mass is 10.0. The molecule has 0 aliphatic heterocycles. The Hall–Kier alpha value is -2.22. The average molecular weight is 208 g/mol. The van der Waals surface area contributed by atoms with Crippen LogP contribution in [-0.4, -0.2) is 0 Å². The molecule has 4 rings (SSSR count). The van der Waals surface area contributed by atoms with Crippen molar-refractivity contribution in [1.82, 2.24) is 0 Å². The van der Waals surface area contributed by atoms with Crippen molar-refractivity contribution in [2.75, 3.05) is 0 Å². The summed E-state index contributed by atoms with van der Waals surface area (Å²) in [5.41, 5.74) is 1.66. The molecule has 2 nitrogen and oxygen atoms in total. The van der Waals surface area contributed by atoms with Gasteiger partial charge in [-0.3, -0.25) is 0 Å². The third-order valence-electron chi connectivity index (χ3n) is 3.04. The van der Waals surface area contributed by atoms with Gasteiger partial charge in [-0.25, -0.2) is 0 Å². The largest absolute Gasteiger partial charge is 0.460 e. The molecule has 0 aliphatic carbocycles. The van der Waals surface area contributed by atoms with Gasteiger partial charge in [-0.1, -0.05) is 24.3 Å². The molecule has 0 radical (unpaired) electrons. The first-order valence-corrected chi connectivity index (χ1v) is 5.20. The summed E-state index contributed by atoms with van der Waals surface area (Å²) in [6.07, 6.45) is 3.41. The van der Waals surface area contributed by atoms with Gasteiger partial charge < -0.3 is 8.83 Å². The number of hydrogen-bond donors (Lipinski definition) is 0. The fourth-order valence-electron chi connectivity index (χ4n) is 2.35. The molecule has 76 valence electrons. The maximum atomic E-state index is 5.50. The first-order valence-electron chi connectivity index (χ1n) is 5.20. The smallest absolute Gasteiger partial charge is 0.177 e. The summed E-state index contributed by atoms with van der Waals surface area (Å²) in [4.78, 5) is 0. The minimum atomic E-state index is 0.832. The van der Waals surface area contributed by atoms with Gasteiger partial charge in [-0.05, 0) is 22.9 Å². The second-order valence-electron chi connectivity index (χ2n) is 3.87. The Balaban J connectivity index is 2.51. The lowest BCUT2D eigenvalue weighted by Gasteiger charge is -2.00. The van der Waals surface area contributed by atoms with Crippen LogP contribution in [0.25, 0.3) is 32.7 Å². The van der Waals surface area contributed by atoms with Crippen molar-refractivity contribution in [1.29, 1.82) is 0 Å². The van der Waals surface area contributed by atoms with E-state index in [0.717, 1.165) is 21.9 Å². The second kappa shape index (κ2) is 2.67. The molecule has 2 heteroatoms. The molecule has 0 bridgehead atoms. The van der Waals surface area contributed by atoms with E-state index in [4.69, 9.17) is 8.83 Å². The molecule has 0 saturated carbocycles. The van der Waals surface area contributed by atoms with Gasteiger partial charge in [0.25, 0.3) is 0 Å². The highest BCUT2D eigenvalue weighted by molar-refractivity contribution is 6.22. The van der Waals surface area contributed by atoms with E-state index in [1.807, 2.05) is 24.3 Å². The first-order chi connectivity index (χ1) is 7.95. The van der Waals surface area contributed by atoms with Crippen LogP contribution in [0.2, 0.25) is 0 Å². The molecule has 0 N–H and O–H groups in total. The summed E-state index contributed by atoms with van der Waals surface area (Å²) in [6.45, 7) is 0. The van der Waals surface area contributed by atoms with Crippen molar-refractivity contribution >= 4 is 32.7 Å². The topological polar surface area (TPSA) is 26.3 Å². The van der Waals surface area contributed by atoms with Crippen LogP contribution >= 0.6 is 0 Å². The summed E-state index contributed by atoms with van der Waals surface area (Å²) in [7, 11) is 0. The summed E-state index contributed by atoms with van der Waals surface area (Å²) < 4.78 is 11.0. The van der Waals surface area contributed by atoms with Gasteiger partial charge in [0, 0.05) is 10.8 Å². The molecule has 0 aliphatic rings. The molecule has 4 aromatic rings. The van der Waals surface area contributed by atoms with Gasteiger partial charge >= 0.3 is 0 Å². The Labute approximate surface area is 91.1 Å². The molecule has 2 aromatic carbocycles. The number of furan rings is 2. The molecule has 2 heterocycles. The molecule has 2 aromatic heterocycles. The monoisotopic (exact) mass is 208 g/mol. The van der Waals surface area contributed by atoms with Crippen LogP contribution in [0.3, 0.4) is 0 Å². The summed E-state index contributed by atoms with van der Waals surface area (Å²) in [6, 6.07) is 12.3. The van der Waals surface area contributed by atoms with Crippen molar-refractivity contribution < 1.29 is 8.83 Å². The lowest BCUT2D eigenvalue weighted by molar-refractivity contribution is 0.583. The molecule has 0 saturated heterocycles. The van der Waals surface area contributed by atoms with Crippen LogP contribution in [0.5, 0.6) is 0 Å². The predicted octanol–water partition coefficient (Wildman–Crippen LogP) is 4.33. The van der Waals surface area contributed by atoms with Gasteiger partial charge in [0.1, 0.15) is 0 Å². The minimum absolute atomic E-state index is 0.832. The number of fused-ring (bicyclic) bond motifs is 6. The molecular formula is C14H8O2. The Kier molecular flexibility index (Phi) is 1.33. The second-order valence-corrected chi connectivity index (χ2v) is 3.87. The maximum Gasteiger partial charge on any atom is 0.177 e. The average Bonchev–Trinajstić information content (AvgIpc) is 2.98. The fourth-order valence-corrected chi connectivity index (χ4v) is 2.35. The normalized spacial score (nSPS) is 11.8. The van der Waals surface area contributed by atoms with Crippen LogP contribution in [0, 0.1) is 0 Å². The third kappa shape index (κ3) is 0.823. The molecule has 0 amide bonds. The predicted molar refractivity (Wildman–Crippen MR) is 63.5 cm³/mol. The van der Waals surface area contributed by atoms with Crippen molar-refractivity contribution in [2.45, 2.75) is 0 Å². The van der Waals surface area contributed by atoms with Crippen molar-refractivity contribution in [2.24, 2.45) is 0 Å². The zero-order valence-corrected chi connectivity index (χ0v) is 8.44. The Bertz CT molecular complexity index is 736. The molecule has 0 spiro atoms. The lowest BCUT2D eigenvalue weighted by Crippen LogP contribution is -1.75. The van der Waals surface area contributed by atoms with E-state index >= 15 is 0 Å². The molecular weight excluding hydrogens is 200 g/mol. The van der Waals surface area contributed by atoms with Gasteiger partial charge in [0.2, 0.25) is 0 Å². The van der Waals surface area contributed by atoms with Crippen LogP contribution in [-0.2, 0) is 0 Å². The number of rotatable bonds is 0.